The number of ether oxygens (including phenoxy) is 2. The molecule has 0 radical (unpaired) electrons. The van der Waals surface area contributed by atoms with Crippen molar-refractivity contribution in [2.24, 2.45) is 5.92 Å². The summed E-state index contributed by atoms with van der Waals surface area (Å²) in [6.07, 6.45) is 1.18. The van der Waals surface area contributed by atoms with Crippen molar-refractivity contribution in [2.75, 3.05) is 46.0 Å². The molecule has 7 heteroatoms. The minimum absolute atomic E-state index is 0.0819. The summed E-state index contributed by atoms with van der Waals surface area (Å²) in [5.74, 6) is 1.34. The zero-order chi connectivity index (χ0) is 24.5. The predicted molar refractivity (Wildman–Crippen MR) is 138 cm³/mol. The monoisotopic (exact) mass is 488 g/mol. The molecule has 2 atom stereocenters. The summed E-state index contributed by atoms with van der Waals surface area (Å²) < 4.78 is 11.8. The van der Waals surface area contributed by atoms with E-state index in [1.54, 1.807) is 11.3 Å². The lowest BCUT2D eigenvalue weighted by atomic mass is 10.0. The molecule has 0 fully saturated rings. The van der Waals surface area contributed by atoms with Crippen molar-refractivity contribution in [3.8, 4) is 5.75 Å². The summed E-state index contributed by atoms with van der Waals surface area (Å²) in [5.41, 5.74) is 2.35. The Bertz CT molecular complexity index is 900. The van der Waals surface area contributed by atoms with Gasteiger partial charge in [-0.1, -0.05) is 32.9 Å². The number of rotatable bonds is 13. The van der Waals surface area contributed by atoms with Crippen molar-refractivity contribution >= 4 is 17.2 Å². The van der Waals surface area contributed by atoms with Crippen molar-refractivity contribution in [2.45, 2.75) is 52.7 Å². The van der Waals surface area contributed by atoms with Crippen LogP contribution in [0, 0.1) is 12.8 Å². The fraction of sp³-hybridized carbons (Fsp3) is 0.593. The number of carbonyl (C=O) groups excluding carboxylic acids is 1. The lowest BCUT2D eigenvalue weighted by molar-refractivity contribution is -0.136. The van der Waals surface area contributed by atoms with E-state index in [1.165, 1.54) is 10.4 Å². The van der Waals surface area contributed by atoms with Crippen LogP contribution in [0.15, 0.2) is 35.7 Å². The Morgan fingerprint density at radius 2 is 2.12 bits per heavy atom. The number of hydrogen-bond acceptors (Lipinski definition) is 6. The first kappa shape index (κ1) is 26.7. The molecule has 1 aliphatic heterocycles. The highest BCUT2D eigenvalue weighted by atomic mass is 32.1. The predicted octanol–water partition coefficient (Wildman–Crippen LogP) is 4.31. The fourth-order valence-electron chi connectivity index (χ4n) is 4.38. The van der Waals surface area contributed by atoms with Crippen molar-refractivity contribution < 1.29 is 19.4 Å². The number of aryl methyl sites for hydroxylation is 1. The van der Waals surface area contributed by atoms with Crippen LogP contribution < -0.4 is 4.74 Å². The highest BCUT2D eigenvalue weighted by molar-refractivity contribution is 7.10. The molecule has 6 nitrogen and oxygen atoms in total. The van der Waals surface area contributed by atoms with Gasteiger partial charge in [0.05, 0.1) is 25.3 Å². The van der Waals surface area contributed by atoms with Gasteiger partial charge in [0.25, 0.3) is 0 Å². The molecule has 0 unspecified atom stereocenters. The van der Waals surface area contributed by atoms with Gasteiger partial charge in [-0.05, 0) is 66.9 Å². The average Bonchev–Trinajstić information content (AvgIpc) is 3.26. The molecule has 1 aromatic carbocycles. The number of amides is 1. The summed E-state index contributed by atoms with van der Waals surface area (Å²) >= 11 is 1.76. The van der Waals surface area contributed by atoms with Crippen LogP contribution in [0.1, 0.15) is 49.2 Å². The number of thiophene rings is 1. The highest BCUT2D eigenvalue weighted by Crippen LogP contribution is 2.34. The van der Waals surface area contributed by atoms with E-state index < -0.39 is 6.10 Å². The standard InChI is InChI=1S/C27H40N2O4S/c1-5-11-28(15-22(30)18-32-17-20(2)3)16-27(31)29-12-9-26-24(10-13-34-26)25(29)19-33-23-8-6-7-21(4)14-23/h6-8,10,13-14,20,22,25,30H,5,9,11-12,15-19H2,1-4H3/t22-,25+/m0/s1. The van der Waals surface area contributed by atoms with Crippen molar-refractivity contribution in [1.82, 2.24) is 9.80 Å². The Balaban J connectivity index is 1.65. The Hall–Kier alpha value is -1.93. The smallest absolute Gasteiger partial charge is 0.237 e. The summed E-state index contributed by atoms with van der Waals surface area (Å²) in [4.78, 5) is 18.8. The van der Waals surface area contributed by atoms with Crippen molar-refractivity contribution in [3.63, 3.8) is 0 Å². The molecule has 0 spiro atoms. The van der Waals surface area contributed by atoms with Gasteiger partial charge < -0.3 is 19.5 Å². The molecule has 188 valence electrons. The second-order valence-corrected chi connectivity index (χ2v) is 10.6. The molecule has 0 aliphatic carbocycles. The SMILES string of the molecule is CCCN(CC(=O)N1CCc2sccc2[C@H]1COc1cccc(C)c1)C[C@H](O)COCC(C)C. The van der Waals surface area contributed by atoms with Crippen LogP contribution in [0.25, 0.3) is 0 Å². The Morgan fingerprint density at radius 1 is 1.29 bits per heavy atom. The van der Waals surface area contributed by atoms with E-state index in [0.29, 0.717) is 38.8 Å². The molecule has 1 aliphatic rings. The lowest BCUT2D eigenvalue weighted by Crippen LogP contribution is -2.48. The molecule has 1 amide bonds. The van der Waals surface area contributed by atoms with Crippen LogP contribution in [0.4, 0.5) is 0 Å². The molecule has 34 heavy (non-hydrogen) atoms. The third-order valence-corrected chi connectivity index (χ3v) is 6.94. The molecule has 3 rings (SSSR count). The van der Waals surface area contributed by atoms with Crippen molar-refractivity contribution in [3.05, 3.63) is 51.7 Å². The third-order valence-electron chi connectivity index (χ3n) is 5.94. The maximum atomic E-state index is 13.5. The van der Waals surface area contributed by atoms with Crippen LogP contribution in [-0.4, -0.2) is 72.9 Å². The lowest BCUT2D eigenvalue weighted by Gasteiger charge is -2.37. The third kappa shape index (κ3) is 7.80. The van der Waals surface area contributed by atoms with E-state index in [4.69, 9.17) is 9.47 Å². The summed E-state index contributed by atoms with van der Waals surface area (Å²) in [5, 5.41) is 12.6. The fourth-order valence-corrected chi connectivity index (χ4v) is 5.31. The number of nitrogens with zero attached hydrogens (tertiary/aromatic N) is 2. The van der Waals surface area contributed by atoms with Gasteiger partial charge >= 0.3 is 0 Å². The van der Waals surface area contributed by atoms with Crippen LogP contribution in [0.5, 0.6) is 5.75 Å². The zero-order valence-electron chi connectivity index (χ0n) is 21.0. The van der Waals surface area contributed by atoms with Gasteiger partial charge in [0.1, 0.15) is 12.4 Å². The molecule has 2 aromatic rings. The van der Waals surface area contributed by atoms with E-state index in [9.17, 15) is 9.90 Å². The normalized spacial score (nSPS) is 16.7. The van der Waals surface area contributed by atoms with Gasteiger partial charge in [-0.2, -0.15) is 0 Å². The largest absolute Gasteiger partial charge is 0.491 e. The van der Waals surface area contributed by atoms with Gasteiger partial charge in [-0.25, -0.2) is 0 Å². The minimum atomic E-state index is -0.608. The minimum Gasteiger partial charge on any atom is -0.491 e. The Morgan fingerprint density at radius 3 is 2.85 bits per heavy atom. The van der Waals surface area contributed by atoms with E-state index >= 15 is 0 Å². The van der Waals surface area contributed by atoms with Gasteiger partial charge in [0.15, 0.2) is 0 Å². The first-order chi connectivity index (χ1) is 16.4. The molecule has 0 saturated carbocycles. The van der Waals surface area contributed by atoms with Crippen LogP contribution in [0.2, 0.25) is 0 Å². The number of aliphatic hydroxyl groups excluding tert-OH is 1. The number of benzene rings is 1. The molecule has 2 heterocycles. The molecular formula is C27H40N2O4S. The quantitative estimate of drug-likeness (QED) is 0.455. The summed E-state index contributed by atoms with van der Waals surface area (Å²) in [7, 11) is 0. The average molecular weight is 489 g/mol. The molecule has 0 saturated heterocycles. The van der Waals surface area contributed by atoms with Crippen LogP contribution in [0.3, 0.4) is 0 Å². The number of hydrogen-bond donors (Lipinski definition) is 1. The van der Waals surface area contributed by atoms with Crippen LogP contribution in [-0.2, 0) is 16.0 Å². The molecule has 0 bridgehead atoms. The number of fused-ring (bicyclic) bond motifs is 1. The second-order valence-electron chi connectivity index (χ2n) is 9.60. The Kier molecular flexibility index (Phi) is 10.4. The maximum Gasteiger partial charge on any atom is 0.237 e. The number of aliphatic hydroxyl groups is 1. The zero-order valence-corrected chi connectivity index (χ0v) is 21.9. The topological polar surface area (TPSA) is 62.2 Å². The first-order valence-corrected chi connectivity index (χ1v) is 13.3. The van der Waals surface area contributed by atoms with E-state index in [2.05, 4.69) is 32.2 Å². The first-order valence-electron chi connectivity index (χ1n) is 12.4. The van der Waals surface area contributed by atoms with Gasteiger partial charge in [0, 0.05) is 24.6 Å². The van der Waals surface area contributed by atoms with Gasteiger partial charge in [-0.15, -0.1) is 11.3 Å². The summed E-state index contributed by atoms with van der Waals surface area (Å²) in [6.45, 7) is 11.8. The van der Waals surface area contributed by atoms with Gasteiger partial charge in [-0.3, -0.25) is 9.69 Å². The van der Waals surface area contributed by atoms with E-state index in [1.807, 2.05) is 41.0 Å². The molecule has 1 N–H and O–H groups in total. The Labute approximate surface area is 208 Å². The summed E-state index contributed by atoms with van der Waals surface area (Å²) in [6, 6.07) is 10.0. The highest BCUT2D eigenvalue weighted by Gasteiger charge is 2.33. The van der Waals surface area contributed by atoms with Gasteiger partial charge in [0.2, 0.25) is 5.91 Å². The maximum absolute atomic E-state index is 13.5. The molecular weight excluding hydrogens is 448 g/mol. The van der Waals surface area contributed by atoms with Crippen LogP contribution >= 0.6 is 11.3 Å². The van der Waals surface area contributed by atoms with E-state index in [0.717, 1.165) is 30.7 Å². The second kappa shape index (κ2) is 13.2. The molecule has 1 aromatic heterocycles. The van der Waals surface area contributed by atoms with E-state index in [-0.39, 0.29) is 18.5 Å². The van der Waals surface area contributed by atoms with Crippen molar-refractivity contribution in [1.29, 1.82) is 0 Å². The number of carbonyl (C=O) groups is 1.